The van der Waals surface area contributed by atoms with Gasteiger partial charge in [-0.3, -0.25) is 14.4 Å². The zero-order chi connectivity index (χ0) is 28.4. The first kappa shape index (κ1) is 28.3. The highest BCUT2D eigenvalue weighted by atomic mass is 32.2. The Hall–Kier alpha value is -3.28. The standard InChI is InChI=1S/C29H35N5O4S2/c1-5-38-25-10-8-11-26-27(25)30-29(39-26)32(17-18-33-22(4)19-20(2)31-33)28(35)23-12-14-24(15-13-23)40(36,37)34-16-7-6-9-21(34)3/h8,10-15,19,21H,5-7,9,16-18H2,1-4H3. The third-order valence-electron chi connectivity index (χ3n) is 7.24. The van der Waals surface area contributed by atoms with Crippen molar-refractivity contribution in [2.45, 2.75) is 64.4 Å². The van der Waals surface area contributed by atoms with Crippen LogP contribution in [-0.2, 0) is 16.6 Å². The van der Waals surface area contributed by atoms with Crippen molar-refractivity contribution in [1.29, 1.82) is 0 Å². The summed E-state index contributed by atoms with van der Waals surface area (Å²) in [5.41, 5.74) is 3.03. The number of thiazole rings is 1. The minimum atomic E-state index is -3.63. The molecule has 0 radical (unpaired) electrons. The van der Waals surface area contributed by atoms with Crippen LogP contribution in [0.1, 0.15) is 54.9 Å². The molecule has 1 unspecified atom stereocenters. The maximum atomic E-state index is 13.9. The van der Waals surface area contributed by atoms with Gasteiger partial charge in [-0.05, 0) is 83.0 Å². The topological polar surface area (TPSA) is 97.6 Å². The Morgan fingerprint density at radius 1 is 1.15 bits per heavy atom. The van der Waals surface area contributed by atoms with Crippen molar-refractivity contribution < 1.29 is 17.9 Å². The van der Waals surface area contributed by atoms with E-state index in [1.54, 1.807) is 21.3 Å². The highest BCUT2D eigenvalue weighted by molar-refractivity contribution is 7.89. The Kier molecular flexibility index (Phi) is 8.25. The van der Waals surface area contributed by atoms with Crippen molar-refractivity contribution in [3.8, 4) is 5.75 Å². The second-order valence-electron chi connectivity index (χ2n) is 10.1. The summed E-state index contributed by atoms with van der Waals surface area (Å²) in [6.07, 6.45) is 2.75. The molecule has 9 nitrogen and oxygen atoms in total. The molecule has 0 aliphatic carbocycles. The summed E-state index contributed by atoms with van der Waals surface area (Å²) in [6.45, 7) is 9.66. The Balaban J connectivity index is 1.46. The predicted molar refractivity (Wildman–Crippen MR) is 158 cm³/mol. The number of anilines is 1. The van der Waals surface area contributed by atoms with Crippen LogP contribution >= 0.6 is 11.3 Å². The first-order chi connectivity index (χ1) is 19.2. The van der Waals surface area contributed by atoms with Gasteiger partial charge in [0.15, 0.2) is 5.13 Å². The number of fused-ring (bicyclic) bond motifs is 1. The van der Waals surface area contributed by atoms with E-state index in [-0.39, 0.29) is 16.8 Å². The van der Waals surface area contributed by atoms with Gasteiger partial charge in [0.25, 0.3) is 5.91 Å². The number of aromatic nitrogens is 3. The molecule has 3 heterocycles. The summed E-state index contributed by atoms with van der Waals surface area (Å²) >= 11 is 1.42. The summed E-state index contributed by atoms with van der Waals surface area (Å²) in [5.74, 6) is 0.420. The fourth-order valence-electron chi connectivity index (χ4n) is 5.17. The number of sulfonamides is 1. The first-order valence-corrected chi connectivity index (χ1v) is 15.9. The molecular formula is C29H35N5O4S2. The normalized spacial score (nSPS) is 16.4. The number of rotatable bonds is 9. The van der Waals surface area contributed by atoms with E-state index in [2.05, 4.69) is 5.10 Å². The van der Waals surface area contributed by atoms with Gasteiger partial charge >= 0.3 is 0 Å². The molecule has 0 saturated carbocycles. The van der Waals surface area contributed by atoms with Gasteiger partial charge in [-0.15, -0.1) is 0 Å². The molecule has 1 atom stereocenters. The zero-order valence-electron chi connectivity index (χ0n) is 23.3. The van der Waals surface area contributed by atoms with E-state index in [1.807, 2.05) is 56.6 Å². The minimum Gasteiger partial charge on any atom is -0.492 e. The van der Waals surface area contributed by atoms with Crippen LogP contribution in [0.15, 0.2) is 53.4 Å². The first-order valence-electron chi connectivity index (χ1n) is 13.7. The number of hydrogen-bond acceptors (Lipinski definition) is 7. The summed E-state index contributed by atoms with van der Waals surface area (Å²) in [6, 6.07) is 14.0. The molecule has 0 N–H and O–H groups in total. The Labute approximate surface area is 239 Å². The number of benzene rings is 2. The van der Waals surface area contributed by atoms with Crippen LogP contribution in [-0.4, -0.2) is 59.1 Å². The number of aryl methyl sites for hydroxylation is 2. The highest BCUT2D eigenvalue weighted by Crippen LogP contribution is 2.35. The molecule has 2 aromatic carbocycles. The van der Waals surface area contributed by atoms with Crippen LogP contribution in [0.4, 0.5) is 5.13 Å². The summed E-state index contributed by atoms with van der Waals surface area (Å²) in [4.78, 5) is 20.6. The van der Waals surface area contributed by atoms with Crippen molar-refractivity contribution in [3.05, 3.63) is 65.5 Å². The molecule has 11 heteroatoms. The van der Waals surface area contributed by atoms with Gasteiger partial charge in [-0.1, -0.05) is 23.8 Å². The van der Waals surface area contributed by atoms with Crippen molar-refractivity contribution in [2.24, 2.45) is 0 Å². The number of ether oxygens (including phenoxy) is 1. The minimum absolute atomic E-state index is 0.0365. The van der Waals surface area contributed by atoms with Crippen LogP contribution in [0.2, 0.25) is 0 Å². The number of hydrogen-bond donors (Lipinski definition) is 0. The third kappa shape index (κ3) is 5.63. The fourth-order valence-corrected chi connectivity index (χ4v) is 7.88. The Morgan fingerprint density at radius 2 is 1.93 bits per heavy atom. The summed E-state index contributed by atoms with van der Waals surface area (Å²) < 4.78 is 36.8. The van der Waals surface area contributed by atoms with Crippen molar-refractivity contribution >= 4 is 42.6 Å². The van der Waals surface area contributed by atoms with Crippen molar-refractivity contribution in [2.75, 3.05) is 24.6 Å². The number of para-hydroxylation sites is 1. The number of carbonyl (C=O) groups is 1. The lowest BCUT2D eigenvalue weighted by molar-refractivity contribution is 0.0985. The molecule has 2 aromatic heterocycles. The second-order valence-corrected chi connectivity index (χ2v) is 13.0. The maximum Gasteiger partial charge on any atom is 0.260 e. The average molecular weight is 582 g/mol. The van der Waals surface area contributed by atoms with Gasteiger partial charge in [0.2, 0.25) is 10.0 Å². The number of amides is 1. The summed E-state index contributed by atoms with van der Waals surface area (Å²) in [7, 11) is -3.63. The molecule has 0 spiro atoms. The monoisotopic (exact) mass is 581 g/mol. The molecule has 1 aliphatic rings. The van der Waals surface area contributed by atoms with Gasteiger partial charge in [0.1, 0.15) is 11.3 Å². The highest BCUT2D eigenvalue weighted by Gasteiger charge is 2.31. The lowest BCUT2D eigenvalue weighted by atomic mass is 10.1. The quantitative estimate of drug-likeness (QED) is 0.262. The number of piperidine rings is 1. The molecule has 40 heavy (non-hydrogen) atoms. The molecule has 1 aliphatic heterocycles. The largest absolute Gasteiger partial charge is 0.492 e. The SMILES string of the molecule is CCOc1cccc2sc(N(CCn3nc(C)cc3C)C(=O)c3ccc(S(=O)(=O)N4CCCCC4C)cc3)nc12. The van der Waals surface area contributed by atoms with Crippen molar-refractivity contribution in [1.82, 2.24) is 19.1 Å². The number of carbonyl (C=O) groups excluding carboxylic acids is 1. The van der Waals surface area contributed by atoms with Crippen LogP contribution in [0.25, 0.3) is 10.2 Å². The van der Waals surface area contributed by atoms with E-state index in [4.69, 9.17) is 9.72 Å². The molecule has 4 aromatic rings. The van der Waals surface area contributed by atoms with E-state index >= 15 is 0 Å². The Morgan fingerprint density at radius 3 is 2.60 bits per heavy atom. The van der Waals surface area contributed by atoms with E-state index < -0.39 is 10.0 Å². The van der Waals surface area contributed by atoms with Crippen molar-refractivity contribution in [3.63, 3.8) is 0 Å². The molecule has 1 amide bonds. The van der Waals surface area contributed by atoms with Gasteiger partial charge in [0, 0.05) is 30.4 Å². The second kappa shape index (κ2) is 11.7. The van der Waals surface area contributed by atoms with E-state index in [9.17, 15) is 13.2 Å². The predicted octanol–water partition coefficient (Wildman–Crippen LogP) is 5.42. The molecule has 1 saturated heterocycles. The lowest BCUT2D eigenvalue weighted by Gasteiger charge is -2.32. The van der Waals surface area contributed by atoms with E-state index in [0.29, 0.717) is 48.2 Å². The fraction of sp³-hybridized carbons (Fsp3) is 0.414. The van der Waals surface area contributed by atoms with Gasteiger partial charge in [-0.2, -0.15) is 9.40 Å². The zero-order valence-corrected chi connectivity index (χ0v) is 25.0. The number of nitrogens with zero attached hydrogens (tertiary/aromatic N) is 5. The molecule has 0 bridgehead atoms. The van der Waals surface area contributed by atoms with E-state index in [1.165, 1.54) is 23.5 Å². The third-order valence-corrected chi connectivity index (χ3v) is 10.3. The summed E-state index contributed by atoms with van der Waals surface area (Å²) in [5, 5.41) is 5.10. The van der Waals surface area contributed by atoms with Gasteiger partial charge < -0.3 is 4.74 Å². The van der Waals surface area contributed by atoms with Crippen LogP contribution in [0.3, 0.4) is 0 Å². The molecule has 1 fully saturated rings. The molecular weight excluding hydrogens is 546 g/mol. The smallest absolute Gasteiger partial charge is 0.260 e. The van der Waals surface area contributed by atoms with Crippen LogP contribution < -0.4 is 9.64 Å². The van der Waals surface area contributed by atoms with Crippen LogP contribution in [0, 0.1) is 13.8 Å². The Bertz CT molecular complexity index is 1610. The average Bonchev–Trinajstić information content (AvgIpc) is 3.51. The molecule has 212 valence electrons. The van der Waals surface area contributed by atoms with Gasteiger partial charge in [-0.25, -0.2) is 13.4 Å². The van der Waals surface area contributed by atoms with E-state index in [0.717, 1.165) is 35.4 Å². The van der Waals surface area contributed by atoms with Crippen LogP contribution in [0.5, 0.6) is 5.75 Å². The van der Waals surface area contributed by atoms with Gasteiger partial charge in [0.05, 0.1) is 28.4 Å². The lowest BCUT2D eigenvalue weighted by Crippen LogP contribution is -2.41. The maximum absolute atomic E-state index is 13.9. The molecule has 5 rings (SSSR count).